The van der Waals surface area contributed by atoms with Crippen molar-refractivity contribution in [2.75, 3.05) is 0 Å². The second kappa shape index (κ2) is 4.03. The fourth-order valence-electron chi connectivity index (χ4n) is 1.76. The molecule has 0 saturated heterocycles. The molecule has 0 unspecified atom stereocenters. The van der Waals surface area contributed by atoms with Gasteiger partial charge >= 0.3 is 0 Å². The van der Waals surface area contributed by atoms with Crippen LogP contribution in [0.3, 0.4) is 0 Å². The fraction of sp³-hybridized carbons (Fsp3) is 0.364. The van der Waals surface area contributed by atoms with Crippen molar-refractivity contribution in [3.63, 3.8) is 0 Å². The van der Waals surface area contributed by atoms with Crippen molar-refractivity contribution in [2.24, 2.45) is 0 Å². The van der Waals surface area contributed by atoms with Gasteiger partial charge in [0.05, 0.1) is 16.4 Å². The molecule has 1 aromatic carbocycles. The summed E-state index contributed by atoms with van der Waals surface area (Å²) in [5.41, 5.74) is 2.00. The van der Waals surface area contributed by atoms with Gasteiger partial charge in [0.25, 0.3) is 0 Å². The molecular formula is C11H12Cl2N2. The van der Waals surface area contributed by atoms with Gasteiger partial charge in [0.15, 0.2) is 0 Å². The SMILES string of the molecule is CCn1c([C@H](C)Cl)nc2cc(Cl)ccc21. The van der Waals surface area contributed by atoms with Gasteiger partial charge in [-0.05, 0) is 32.0 Å². The number of alkyl halides is 1. The van der Waals surface area contributed by atoms with E-state index in [2.05, 4.69) is 16.5 Å². The van der Waals surface area contributed by atoms with Crippen LogP contribution in [0, 0.1) is 0 Å². The smallest absolute Gasteiger partial charge is 0.127 e. The van der Waals surface area contributed by atoms with Gasteiger partial charge in [-0.3, -0.25) is 0 Å². The topological polar surface area (TPSA) is 17.8 Å². The maximum absolute atomic E-state index is 6.08. The third-order valence-electron chi connectivity index (χ3n) is 2.41. The van der Waals surface area contributed by atoms with E-state index < -0.39 is 0 Å². The van der Waals surface area contributed by atoms with Crippen LogP contribution in [0.5, 0.6) is 0 Å². The summed E-state index contributed by atoms with van der Waals surface area (Å²) in [5.74, 6) is 0.899. The fourth-order valence-corrected chi connectivity index (χ4v) is 2.09. The summed E-state index contributed by atoms with van der Waals surface area (Å²) < 4.78 is 2.11. The molecule has 0 N–H and O–H groups in total. The number of aryl methyl sites for hydroxylation is 1. The quantitative estimate of drug-likeness (QED) is 0.728. The van der Waals surface area contributed by atoms with E-state index in [-0.39, 0.29) is 5.38 Å². The second-order valence-electron chi connectivity index (χ2n) is 3.46. The summed E-state index contributed by atoms with van der Waals surface area (Å²) >= 11 is 12.0. The lowest BCUT2D eigenvalue weighted by Crippen LogP contribution is -2.01. The van der Waals surface area contributed by atoms with E-state index in [1.165, 1.54) is 0 Å². The van der Waals surface area contributed by atoms with E-state index in [1.807, 2.05) is 25.1 Å². The van der Waals surface area contributed by atoms with Crippen LogP contribution in [0.25, 0.3) is 11.0 Å². The second-order valence-corrected chi connectivity index (χ2v) is 4.55. The number of rotatable bonds is 2. The Kier molecular flexibility index (Phi) is 2.89. The van der Waals surface area contributed by atoms with Crippen molar-refractivity contribution in [1.29, 1.82) is 0 Å². The van der Waals surface area contributed by atoms with E-state index in [0.29, 0.717) is 5.02 Å². The van der Waals surface area contributed by atoms with Gasteiger partial charge in [0.2, 0.25) is 0 Å². The number of hydrogen-bond acceptors (Lipinski definition) is 1. The molecule has 0 bridgehead atoms. The molecule has 15 heavy (non-hydrogen) atoms. The number of halogens is 2. The van der Waals surface area contributed by atoms with E-state index in [1.54, 1.807) is 0 Å². The number of benzene rings is 1. The molecule has 2 rings (SSSR count). The molecule has 4 heteroatoms. The van der Waals surface area contributed by atoms with Crippen molar-refractivity contribution in [3.8, 4) is 0 Å². The predicted octanol–water partition coefficient (Wildman–Crippen LogP) is 4.01. The van der Waals surface area contributed by atoms with Crippen LogP contribution < -0.4 is 0 Å². The molecule has 1 aromatic heterocycles. The number of fused-ring (bicyclic) bond motifs is 1. The van der Waals surface area contributed by atoms with Gasteiger partial charge < -0.3 is 4.57 Å². The monoisotopic (exact) mass is 242 g/mol. The zero-order chi connectivity index (χ0) is 11.0. The zero-order valence-electron chi connectivity index (χ0n) is 8.67. The molecule has 0 aliphatic rings. The largest absolute Gasteiger partial charge is 0.327 e. The number of hydrogen-bond donors (Lipinski definition) is 0. The highest BCUT2D eigenvalue weighted by molar-refractivity contribution is 6.31. The lowest BCUT2D eigenvalue weighted by Gasteiger charge is -2.06. The van der Waals surface area contributed by atoms with Crippen LogP contribution in [-0.4, -0.2) is 9.55 Å². The Morgan fingerprint density at radius 1 is 1.47 bits per heavy atom. The van der Waals surface area contributed by atoms with Gasteiger partial charge in [0.1, 0.15) is 5.82 Å². The normalized spacial score (nSPS) is 13.3. The van der Waals surface area contributed by atoms with Gasteiger partial charge in [-0.25, -0.2) is 4.98 Å². The summed E-state index contributed by atoms with van der Waals surface area (Å²) in [4.78, 5) is 4.49. The van der Waals surface area contributed by atoms with Gasteiger partial charge in [-0.2, -0.15) is 0 Å². The molecule has 1 atom stereocenters. The average Bonchev–Trinajstić information content (AvgIpc) is 2.55. The standard InChI is InChI=1S/C11H12Cl2N2/c1-3-15-10-5-4-8(13)6-9(10)14-11(15)7(2)12/h4-7H,3H2,1-2H3/t7-/m0/s1. The molecule has 0 saturated carbocycles. The molecule has 2 nitrogen and oxygen atoms in total. The van der Waals surface area contributed by atoms with Crippen LogP contribution in [0.1, 0.15) is 25.0 Å². The molecule has 0 spiro atoms. The first-order valence-corrected chi connectivity index (χ1v) is 5.74. The molecule has 0 aliphatic heterocycles. The van der Waals surface area contributed by atoms with E-state index in [9.17, 15) is 0 Å². The van der Waals surface area contributed by atoms with Crippen LogP contribution in [-0.2, 0) is 6.54 Å². The number of imidazole rings is 1. The number of aromatic nitrogens is 2. The summed E-state index contributed by atoms with van der Waals surface area (Å²) in [7, 11) is 0. The highest BCUT2D eigenvalue weighted by atomic mass is 35.5. The Morgan fingerprint density at radius 3 is 2.80 bits per heavy atom. The first kappa shape index (κ1) is 10.8. The zero-order valence-corrected chi connectivity index (χ0v) is 10.2. The van der Waals surface area contributed by atoms with Crippen molar-refractivity contribution in [3.05, 3.63) is 29.0 Å². The van der Waals surface area contributed by atoms with Crippen molar-refractivity contribution < 1.29 is 0 Å². The van der Waals surface area contributed by atoms with Crippen LogP contribution >= 0.6 is 23.2 Å². The Morgan fingerprint density at radius 2 is 2.20 bits per heavy atom. The average molecular weight is 243 g/mol. The van der Waals surface area contributed by atoms with Crippen molar-refractivity contribution >= 4 is 34.2 Å². The molecule has 2 aromatic rings. The molecule has 80 valence electrons. The molecule has 1 heterocycles. The van der Waals surface area contributed by atoms with Crippen LogP contribution in [0.15, 0.2) is 18.2 Å². The lowest BCUT2D eigenvalue weighted by atomic mass is 10.3. The van der Waals surface area contributed by atoms with Crippen molar-refractivity contribution in [2.45, 2.75) is 25.8 Å². The Labute approximate surface area is 98.8 Å². The maximum atomic E-state index is 6.08. The third kappa shape index (κ3) is 1.84. The first-order chi connectivity index (χ1) is 7.13. The third-order valence-corrected chi connectivity index (χ3v) is 2.84. The van der Waals surface area contributed by atoms with E-state index >= 15 is 0 Å². The minimum Gasteiger partial charge on any atom is -0.327 e. The minimum absolute atomic E-state index is 0.0869. The van der Waals surface area contributed by atoms with E-state index in [4.69, 9.17) is 23.2 Å². The molecule has 0 radical (unpaired) electrons. The van der Waals surface area contributed by atoms with Crippen LogP contribution in [0.4, 0.5) is 0 Å². The summed E-state index contributed by atoms with van der Waals surface area (Å²) in [6, 6.07) is 5.73. The maximum Gasteiger partial charge on any atom is 0.127 e. The summed E-state index contributed by atoms with van der Waals surface area (Å²) in [5, 5.41) is 0.619. The molecule has 0 amide bonds. The van der Waals surface area contributed by atoms with Gasteiger partial charge in [-0.15, -0.1) is 11.6 Å². The summed E-state index contributed by atoms with van der Waals surface area (Å²) in [6.07, 6.45) is 0. The highest BCUT2D eigenvalue weighted by Crippen LogP contribution is 2.26. The molecule has 0 fully saturated rings. The first-order valence-electron chi connectivity index (χ1n) is 4.93. The minimum atomic E-state index is -0.0869. The Hall–Kier alpha value is -0.730. The Bertz CT molecular complexity index is 489. The van der Waals surface area contributed by atoms with Gasteiger partial charge in [-0.1, -0.05) is 11.6 Å². The lowest BCUT2D eigenvalue weighted by molar-refractivity contribution is 0.717. The molecular weight excluding hydrogens is 231 g/mol. The van der Waals surface area contributed by atoms with Crippen LogP contribution in [0.2, 0.25) is 5.02 Å². The van der Waals surface area contributed by atoms with E-state index in [0.717, 1.165) is 23.4 Å². The molecule has 0 aliphatic carbocycles. The Balaban J connectivity index is 2.73. The highest BCUT2D eigenvalue weighted by Gasteiger charge is 2.13. The number of nitrogens with zero attached hydrogens (tertiary/aromatic N) is 2. The predicted molar refractivity (Wildman–Crippen MR) is 64.7 cm³/mol. The summed E-state index contributed by atoms with van der Waals surface area (Å²) in [6.45, 7) is 4.87. The van der Waals surface area contributed by atoms with Crippen molar-refractivity contribution in [1.82, 2.24) is 9.55 Å². The van der Waals surface area contributed by atoms with Gasteiger partial charge in [0, 0.05) is 11.6 Å².